The second kappa shape index (κ2) is 7.06. The predicted octanol–water partition coefficient (Wildman–Crippen LogP) is 2.91. The van der Waals surface area contributed by atoms with Crippen LogP contribution in [0.2, 0.25) is 0 Å². The highest BCUT2D eigenvalue weighted by Crippen LogP contribution is 2.41. The number of phenols is 1. The Hall–Kier alpha value is -1.67. The van der Waals surface area contributed by atoms with E-state index < -0.39 is 35.3 Å². The van der Waals surface area contributed by atoms with Crippen LogP contribution < -0.4 is 10.5 Å². The van der Waals surface area contributed by atoms with Crippen LogP contribution in [0.15, 0.2) is 18.2 Å². The van der Waals surface area contributed by atoms with E-state index in [1.165, 1.54) is 33.1 Å². The van der Waals surface area contributed by atoms with E-state index in [9.17, 15) is 23.1 Å². The molecule has 1 rings (SSSR count). The lowest BCUT2D eigenvalue weighted by molar-refractivity contribution is -0.275. The van der Waals surface area contributed by atoms with Crippen LogP contribution in [0.5, 0.6) is 11.5 Å². The molecule has 0 saturated heterocycles. The summed E-state index contributed by atoms with van der Waals surface area (Å²) in [6, 6.07) is 2.42. The van der Waals surface area contributed by atoms with Crippen molar-refractivity contribution in [3.8, 4) is 11.5 Å². The average Bonchev–Trinajstić information content (AvgIpc) is 2.37. The number of benzene rings is 1. The summed E-state index contributed by atoms with van der Waals surface area (Å²) in [7, 11) is 1.17. The molecule has 9 heteroatoms. The number of nitrogens with two attached hydrogens (primary N) is 1. The molecular formula is C13H17ClF3NO4. The predicted molar refractivity (Wildman–Crippen MR) is 74.8 cm³/mol. The standard InChI is InChI=1S/C13H16F3NO4.ClH/c1-12(2,11(19)20-3)10(17)7-5-4-6-8(9(7)18)21-13(14,15)16;/h4-6,10,18H,17H2,1-3H3;1H/t10-;/m1./s1. The van der Waals surface area contributed by atoms with Gasteiger partial charge in [0, 0.05) is 11.6 Å². The number of hydrogen-bond donors (Lipinski definition) is 2. The third-order valence-corrected chi connectivity index (χ3v) is 3.08. The lowest BCUT2D eigenvalue weighted by Crippen LogP contribution is -2.37. The molecule has 0 spiro atoms. The van der Waals surface area contributed by atoms with Gasteiger partial charge in [0.1, 0.15) is 0 Å². The Morgan fingerprint density at radius 2 is 1.86 bits per heavy atom. The number of methoxy groups -OCH3 is 1. The van der Waals surface area contributed by atoms with Crippen LogP contribution in [0.1, 0.15) is 25.5 Å². The van der Waals surface area contributed by atoms with Crippen molar-refractivity contribution in [2.45, 2.75) is 26.3 Å². The molecule has 0 unspecified atom stereocenters. The Morgan fingerprint density at radius 3 is 2.32 bits per heavy atom. The zero-order valence-electron chi connectivity index (χ0n) is 12.1. The van der Waals surface area contributed by atoms with E-state index >= 15 is 0 Å². The van der Waals surface area contributed by atoms with Crippen molar-refractivity contribution in [3.63, 3.8) is 0 Å². The fourth-order valence-corrected chi connectivity index (χ4v) is 1.78. The normalized spacial score (nSPS) is 13.0. The van der Waals surface area contributed by atoms with Crippen LogP contribution >= 0.6 is 12.4 Å². The second-order valence-electron chi connectivity index (χ2n) is 4.93. The fourth-order valence-electron chi connectivity index (χ4n) is 1.78. The summed E-state index contributed by atoms with van der Waals surface area (Å²) in [5.74, 6) is -2.20. The van der Waals surface area contributed by atoms with Crippen molar-refractivity contribution in [1.82, 2.24) is 0 Å². The summed E-state index contributed by atoms with van der Waals surface area (Å²) in [4.78, 5) is 11.7. The Morgan fingerprint density at radius 1 is 1.32 bits per heavy atom. The van der Waals surface area contributed by atoms with Crippen molar-refractivity contribution in [2.24, 2.45) is 11.1 Å². The molecule has 1 aromatic carbocycles. The lowest BCUT2D eigenvalue weighted by atomic mass is 9.80. The molecule has 3 N–H and O–H groups in total. The molecule has 0 aliphatic heterocycles. The number of ether oxygens (including phenoxy) is 2. The topological polar surface area (TPSA) is 81.8 Å². The largest absolute Gasteiger partial charge is 0.573 e. The van der Waals surface area contributed by atoms with Crippen molar-refractivity contribution in [2.75, 3.05) is 7.11 Å². The quantitative estimate of drug-likeness (QED) is 0.821. The van der Waals surface area contributed by atoms with E-state index in [4.69, 9.17) is 5.73 Å². The van der Waals surface area contributed by atoms with E-state index in [1.807, 2.05) is 0 Å². The number of halogens is 4. The maximum absolute atomic E-state index is 12.2. The Labute approximate surface area is 131 Å². The molecular weight excluding hydrogens is 327 g/mol. The van der Waals surface area contributed by atoms with Crippen molar-refractivity contribution < 1.29 is 32.5 Å². The molecule has 1 aromatic rings. The molecule has 22 heavy (non-hydrogen) atoms. The number of alkyl halides is 3. The first-order valence-corrected chi connectivity index (χ1v) is 5.92. The van der Waals surface area contributed by atoms with Crippen LogP contribution in [-0.2, 0) is 9.53 Å². The molecule has 0 fully saturated rings. The van der Waals surface area contributed by atoms with Crippen molar-refractivity contribution in [3.05, 3.63) is 23.8 Å². The molecule has 0 saturated carbocycles. The number of para-hydroxylation sites is 1. The first-order chi connectivity index (χ1) is 9.50. The molecule has 0 radical (unpaired) electrons. The number of phenolic OH excluding ortho intramolecular Hbond substituents is 1. The minimum atomic E-state index is -4.95. The molecule has 0 aliphatic carbocycles. The van der Waals surface area contributed by atoms with Gasteiger partial charge < -0.3 is 20.3 Å². The van der Waals surface area contributed by atoms with Crippen LogP contribution in [0.4, 0.5) is 13.2 Å². The third kappa shape index (κ3) is 4.41. The zero-order valence-corrected chi connectivity index (χ0v) is 12.9. The average molecular weight is 344 g/mol. The van der Waals surface area contributed by atoms with E-state index in [0.717, 1.165) is 6.07 Å². The SMILES string of the molecule is COC(=O)C(C)(C)[C@H](N)c1cccc(OC(F)(F)F)c1O.Cl. The van der Waals surface area contributed by atoms with E-state index in [0.29, 0.717) is 0 Å². The van der Waals surface area contributed by atoms with Gasteiger partial charge in [0.15, 0.2) is 11.5 Å². The Kier molecular flexibility index (Phi) is 6.52. The third-order valence-electron chi connectivity index (χ3n) is 3.08. The number of carbonyl (C=O) groups is 1. The van der Waals surface area contributed by atoms with Gasteiger partial charge in [-0.25, -0.2) is 0 Å². The molecule has 0 heterocycles. The van der Waals surface area contributed by atoms with Gasteiger partial charge in [0.2, 0.25) is 0 Å². The summed E-state index contributed by atoms with van der Waals surface area (Å²) >= 11 is 0. The van der Waals surface area contributed by atoms with Gasteiger partial charge in [0.05, 0.1) is 12.5 Å². The summed E-state index contributed by atoms with van der Waals surface area (Å²) in [6.45, 7) is 2.92. The maximum Gasteiger partial charge on any atom is 0.573 e. The zero-order chi connectivity index (χ0) is 16.4. The number of rotatable bonds is 4. The Bertz CT molecular complexity index is 535. The van der Waals surface area contributed by atoms with E-state index in [2.05, 4.69) is 9.47 Å². The molecule has 0 aliphatic rings. The van der Waals surface area contributed by atoms with Crippen LogP contribution in [0, 0.1) is 5.41 Å². The molecule has 0 bridgehead atoms. The van der Waals surface area contributed by atoms with Crippen molar-refractivity contribution >= 4 is 18.4 Å². The van der Waals surface area contributed by atoms with E-state index in [1.54, 1.807) is 0 Å². The van der Waals surface area contributed by atoms with E-state index in [-0.39, 0.29) is 18.0 Å². The minimum Gasteiger partial charge on any atom is -0.504 e. The van der Waals surface area contributed by atoms with Gasteiger partial charge in [-0.05, 0) is 19.9 Å². The minimum absolute atomic E-state index is 0. The van der Waals surface area contributed by atoms with Gasteiger partial charge in [-0.2, -0.15) is 0 Å². The van der Waals surface area contributed by atoms with Crippen LogP contribution in [-0.4, -0.2) is 24.5 Å². The summed E-state index contributed by atoms with van der Waals surface area (Å²) < 4.78 is 45.0. The first kappa shape index (κ1) is 20.3. The van der Waals surface area contributed by atoms with Gasteiger partial charge in [-0.1, -0.05) is 12.1 Å². The van der Waals surface area contributed by atoms with Gasteiger partial charge in [-0.3, -0.25) is 4.79 Å². The van der Waals surface area contributed by atoms with Crippen LogP contribution in [0.3, 0.4) is 0 Å². The molecule has 1 atom stereocenters. The highest BCUT2D eigenvalue weighted by atomic mass is 35.5. The molecule has 0 amide bonds. The number of esters is 1. The van der Waals surface area contributed by atoms with Gasteiger partial charge >= 0.3 is 12.3 Å². The lowest BCUT2D eigenvalue weighted by Gasteiger charge is -2.29. The van der Waals surface area contributed by atoms with Crippen molar-refractivity contribution in [1.29, 1.82) is 0 Å². The fraction of sp³-hybridized carbons (Fsp3) is 0.462. The Balaban J connectivity index is 0.00000441. The number of hydrogen-bond acceptors (Lipinski definition) is 5. The first-order valence-electron chi connectivity index (χ1n) is 5.92. The summed E-state index contributed by atoms with van der Waals surface area (Å²) in [6.07, 6.45) is -4.95. The van der Waals surface area contributed by atoms with Gasteiger partial charge in [0.25, 0.3) is 0 Å². The van der Waals surface area contributed by atoms with Gasteiger partial charge in [-0.15, -0.1) is 25.6 Å². The maximum atomic E-state index is 12.2. The molecule has 5 nitrogen and oxygen atoms in total. The number of carbonyl (C=O) groups excluding carboxylic acids is 1. The molecule has 126 valence electrons. The summed E-state index contributed by atoms with van der Waals surface area (Å²) in [5.41, 5.74) is 4.59. The van der Waals surface area contributed by atoms with Crippen LogP contribution in [0.25, 0.3) is 0 Å². The highest BCUT2D eigenvalue weighted by molar-refractivity contribution is 5.85. The monoisotopic (exact) mass is 343 g/mol. The molecule has 0 aromatic heterocycles. The second-order valence-corrected chi connectivity index (χ2v) is 4.93. The number of aromatic hydroxyl groups is 1. The summed E-state index contributed by atoms with van der Waals surface area (Å²) in [5, 5.41) is 9.88. The smallest absolute Gasteiger partial charge is 0.504 e. The highest BCUT2D eigenvalue weighted by Gasteiger charge is 2.39.